The molecule has 0 radical (unpaired) electrons. The predicted molar refractivity (Wildman–Crippen MR) is 103 cm³/mol. The molecule has 1 aromatic heterocycles. The summed E-state index contributed by atoms with van der Waals surface area (Å²) in [4.78, 5) is 0. The Kier molecular flexibility index (Phi) is 4.53. The summed E-state index contributed by atoms with van der Waals surface area (Å²) in [5.41, 5.74) is 6.38. The van der Waals surface area contributed by atoms with Gasteiger partial charge in [-0.3, -0.25) is 5.43 Å². The second-order valence-corrected chi connectivity index (χ2v) is 6.43. The summed E-state index contributed by atoms with van der Waals surface area (Å²) in [6, 6.07) is 15.8. The van der Waals surface area contributed by atoms with Crippen molar-refractivity contribution in [1.82, 2.24) is 14.9 Å². The molecule has 0 fully saturated rings. The van der Waals surface area contributed by atoms with E-state index in [9.17, 15) is 0 Å². The van der Waals surface area contributed by atoms with E-state index in [2.05, 4.69) is 15.6 Å². The van der Waals surface area contributed by atoms with Crippen molar-refractivity contribution in [1.29, 1.82) is 0 Å². The van der Waals surface area contributed by atoms with Gasteiger partial charge in [0.25, 0.3) is 0 Å². The molecule has 0 bridgehead atoms. The summed E-state index contributed by atoms with van der Waals surface area (Å²) in [7, 11) is 1.65. The number of fused-ring (bicyclic) bond motifs is 1. The van der Waals surface area contributed by atoms with E-state index in [1.165, 1.54) is 11.8 Å². The van der Waals surface area contributed by atoms with Crippen LogP contribution in [0.25, 0.3) is 17.1 Å². The van der Waals surface area contributed by atoms with Crippen LogP contribution in [-0.4, -0.2) is 28.6 Å². The third kappa shape index (κ3) is 3.13. The number of nitrogens with zero attached hydrogens (tertiary/aromatic N) is 3. The highest BCUT2D eigenvalue weighted by Gasteiger charge is 2.19. The second-order valence-electron chi connectivity index (χ2n) is 5.59. The maximum absolute atomic E-state index is 5.51. The Balaban J connectivity index is 1.63. The van der Waals surface area contributed by atoms with Crippen LogP contribution in [0.2, 0.25) is 0 Å². The number of benzene rings is 2. The summed E-state index contributed by atoms with van der Waals surface area (Å²) >= 11 is 1.53. The van der Waals surface area contributed by atoms with E-state index >= 15 is 0 Å². The van der Waals surface area contributed by atoms with E-state index < -0.39 is 0 Å². The van der Waals surface area contributed by atoms with Gasteiger partial charge >= 0.3 is 0 Å². The van der Waals surface area contributed by atoms with Crippen LogP contribution in [0.1, 0.15) is 12.5 Å². The highest BCUT2D eigenvalue weighted by molar-refractivity contribution is 8.02. The smallest absolute Gasteiger partial charge is 0.214 e. The van der Waals surface area contributed by atoms with Crippen molar-refractivity contribution in [3.8, 4) is 22.9 Å². The fraction of sp³-hybridized carbons (Fsp3) is 0.158. The van der Waals surface area contributed by atoms with E-state index in [0.29, 0.717) is 6.61 Å². The zero-order valence-corrected chi connectivity index (χ0v) is 15.3. The quantitative estimate of drug-likeness (QED) is 0.736. The maximum atomic E-state index is 5.51. The lowest BCUT2D eigenvalue weighted by Crippen LogP contribution is -2.18. The number of rotatable bonds is 5. The maximum Gasteiger partial charge on any atom is 0.214 e. The summed E-state index contributed by atoms with van der Waals surface area (Å²) < 4.78 is 12.7. The number of thioether (sulfide) groups is 1. The normalized spacial score (nSPS) is 12.8. The highest BCUT2D eigenvalue weighted by Crippen LogP contribution is 2.32. The standard InChI is InChI=1S/C19H18N4O2S/c1-3-25-15-9-7-13(8-10-15)17-12-26-19-21-20-18(23(19)22-17)14-5-4-6-16(11-14)24-2/h4-12,22H,3H2,1-2H3. The van der Waals surface area contributed by atoms with E-state index in [0.717, 1.165) is 39.3 Å². The van der Waals surface area contributed by atoms with Gasteiger partial charge in [0.2, 0.25) is 5.16 Å². The SMILES string of the molecule is CCOc1ccc(C2=CSc3nnc(-c4cccc(OC)c4)n3N2)cc1. The van der Waals surface area contributed by atoms with Crippen LogP contribution >= 0.6 is 11.8 Å². The molecule has 7 heteroatoms. The van der Waals surface area contributed by atoms with Crippen LogP contribution in [0.5, 0.6) is 11.5 Å². The molecule has 0 saturated carbocycles. The van der Waals surface area contributed by atoms with Crippen LogP contribution in [0, 0.1) is 0 Å². The zero-order valence-electron chi connectivity index (χ0n) is 14.5. The molecule has 1 N–H and O–H groups in total. The van der Waals surface area contributed by atoms with Crippen molar-refractivity contribution in [3.05, 3.63) is 59.5 Å². The van der Waals surface area contributed by atoms with E-state index in [1.807, 2.05) is 65.5 Å². The summed E-state index contributed by atoms with van der Waals surface area (Å²) in [5, 5.41) is 11.4. The molecule has 0 aliphatic carbocycles. The molecule has 6 nitrogen and oxygen atoms in total. The first-order valence-corrected chi connectivity index (χ1v) is 9.13. The summed E-state index contributed by atoms with van der Waals surface area (Å²) in [6.45, 7) is 2.63. The predicted octanol–water partition coefficient (Wildman–Crippen LogP) is 4.00. The molecule has 0 unspecified atom stereocenters. The Morgan fingerprint density at radius 2 is 1.88 bits per heavy atom. The molecule has 1 aliphatic rings. The van der Waals surface area contributed by atoms with Crippen LogP contribution in [0.4, 0.5) is 0 Å². The van der Waals surface area contributed by atoms with Gasteiger partial charge in [-0.05, 0) is 43.3 Å². The molecule has 132 valence electrons. The van der Waals surface area contributed by atoms with Crippen LogP contribution < -0.4 is 14.9 Å². The van der Waals surface area contributed by atoms with E-state index in [-0.39, 0.29) is 0 Å². The first-order chi connectivity index (χ1) is 12.8. The van der Waals surface area contributed by atoms with E-state index in [4.69, 9.17) is 9.47 Å². The minimum Gasteiger partial charge on any atom is -0.497 e. The molecule has 3 aromatic rings. The lowest BCUT2D eigenvalue weighted by atomic mass is 10.2. The number of nitrogens with one attached hydrogen (secondary N) is 1. The minimum atomic E-state index is 0.657. The average Bonchev–Trinajstić information content (AvgIpc) is 3.12. The topological polar surface area (TPSA) is 61.2 Å². The van der Waals surface area contributed by atoms with Crippen molar-refractivity contribution < 1.29 is 9.47 Å². The molecule has 0 saturated heterocycles. The highest BCUT2D eigenvalue weighted by atomic mass is 32.2. The van der Waals surface area contributed by atoms with Crippen molar-refractivity contribution in [3.63, 3.8) is 0 Å². The second kappa shape index (κ2) is 7.13. The van der Waals surface area contributed by atoms with Gasteiger partial charge in [-0.2, -0.15) is 0 Å². The summed E-state index contributed by atoms with van der Waals surface area (Å²) in [6.07, 6.45) is 0. The molecular formula is C19H18N4O2S. The summed E-state index contributed by atoms with van der Waals surface area (Å²) in [5.74, 6) is 2.39. The third-order valence-electron chi connectivity index (χ3n) is 3.95. The first kappa shape index (κ1) is 16.5. The van der Waals surface area contributed by atoms with Gasteiger partial charge in [0.15, 0.2) is 5.82 Å². The number of methoxy groups -OCH3 is 1. The Morgan fingerprint density at radius 3 is 2.65 bits per heavy atom. The Labute approximate surface area is 155 Å². The molecule has 26 heavy (non-hydrogen) atoms. The lowest BCUT2D eigenvalue weighted by molar-refractivity contribution is 0.340. The van der Waals surface area contributed by atoms with Gasteiger partial charge in [-0.15, -0.1) is 10.2 Å². The molecule has 0 atom stereocenters. The van der Waals surface area contributed by atoms with Gasteiger partial charge in [0.05, 0.1) is 19.4 Å². The van der Waals surface area contributed by atoms with Gasteiger partial charge < -0.3 is 9.47 Å². The van der Waals surface area contributed by atoms with E-state index in [1.54, 1.807) is 7.11 Å². The first-order valence-electron chi connectivity index (χ1n) is 8.25. The molecule has 2 heterocycles. The Hall–Kier alpha value is -2.93. The van der Waals surface area contributed by atoms with Crippen molar-refractivity contribution in [2.24, 2.45) is 0 Å². The van der Waals surface area contributed by atoms with Gasteiger partial charge in [0, 0.05) is 16.5 Å². The minimum absolute atomic E-state index is 0.657. The number of aromatic nitrogens is 3. The Bertz CT molecular complexity index is 950. The van der Waals surface area contributed by atoms with Gasteiger partial charge in [-0.1, -0.05) is 23.9 Å². The van der Waals surface area contributed by atoms with Crippen molar-refractivity contribution in [2.75, 3.05) is 19.1 Å². The van der Waals surface area contributed by atoms with Crippen molar-refractivity contribution >= 4 is 17.5 Å². The number of hydrogen-bond acceptors (Lipinski definition) is 6. The Morgan fingerprint density at radius 1 is 1.04 bits per heavy atom. The molecule has 4 rings (SSSR count). The molecule has 0 spiro atoms. The number of hydrogen-bond donors (Lipinski definition) is 1. The third-order valence-corrected chi connectivity index (χ3v) is 4.78. The lowest BCUT2D eigenvalue weighted by Gasteiger charge is -2.19. The fourth-order valence-electron chi connectivity index (χ4n) is 2.68. The van der Waals surface area contributed by atoms with Crippen LogP contribution in [0.3, 0.4) is 0 Å². The molecule has 1 aliphatic heterocycles. The zero-order chi connectivity index (χ0) is 17.9. The molecule has 0 amide bonds. The van der Waals surface area contributed by atoms with Gasteiger partial charge in [0.1, 0.15) is 11.5 Å². The molecule has 2 aromatic carbocycles. The fourth-order valence-corrected chi connectivity index (χ4v) is 3.42. The largest absolute Gasteiger partial charge is 0.497 e. The van der Waals surface area contributed by atoms with Crippen LogP contribution in [-0.2, 0) is 0 Å². The van der Waals surface area contributed by atoms with Gasteiger partial charge in [-0.25, -0.2) is 4.68 Å². The molecular weight excluding hydrogens is 348 g/mol. The monoisotopic (exact) mass is 366 g/mol. The van der Waals surface area contributed by atoms with Crippen LogP contribution in [0.15, 0.2) is 59.1 Å². The van der Waals surface area contributed by atoms with Crippen molar-refractivity contribution in [2.45, 2.75) is 12.1 Å². The number of ether oxygens (including phenoxy) is 2. The average molecular weight is 366 g/mol.